The van der Waals surface area contributed by atoms with Crippen molar-refractivity contribution in [1.29, 1.82) is 0 Å². The van der Waals surface area contributed by atoms with Gasteiger partial charge in [-0.25, -0.2) is 8.42 Å². The van der Waals surface area contributed by atoms with Crippen LogP contribution in [-0.2, 0) is 14.8 Å². The second-order valence-electron chi connectivity index (χ2n) is 7.98. The number of amides is 1. The highest BCUT2D eigenvalue weighted by Crippen LogP contribution is 2.24. The first kappa shape index (κ1) is 22.3. The molecule has 1 N–H and O–H groups in total. The number of benzene rings is 2. The summed E-state index contributed by atoms with van der Waals surface area (Å²) in [6.45, 7) is 6.96. The molecule has 1 saturated heterocycles. The maximum absolute atomic E-state index is 12.9. The van der Waals surface area contributed by atoms with Gasteiger partial charge >= 0.3 is 0 Å². The number of sulfonamides is 1. The highest BCUT2D eigenvalue weighted by Gasteiger charge is 2.33. The summed E-state index contributed by atoms with van der Waals surface area (Å²) in [6.07, 6.45) is 1.34. The van der Waals surface area contributed by atoms with Gasteiger partial charge in [-0.1, -0.05) is 24.3 Å². The van der Waals surface area contributed by atoms with E-state index in [2.05, 4.69) is 5.32 Å². The van der Waals surface area contributed by atoms with Crippen molar-refractivity contribution >= 4 is 15.9 Å². The van der Waals surface area contributed by atoms with E-state index >= 15 is 0 Å². The smallest absolute Gasteiger partial charge is 0.243 e. The molecule has 162 valence electrons. The van der Waals surface area contributed by atoms with Crippen molar-refractivity contribution in [3.05, 3.63) is 59.7 Å². The van der Waals surface area contributed by atoms with Crippen LogP contribution in [0.25, 0.3) is 0 Å². The first-order valence-electron chi connectivity index (χ1n) is 10.3. The molecule has 1 aliphatic heterocycles. The predicted molar refractivity (Wildman–Crippen MR) is 117 cm³/mol. The van der Waals surface area contributed by atoms with Crippen LogP contribution in [-0.4, -0.2) is 44.4 Å². The number of hydrogen-bond donors (Lipinski definition) is 1. The SMILES string of the molecule is Cc1ccc(OCC(C)NC(=O)C2CCCN(S(=O)(=O)c3ccccc3)C2)cc1C. The number of hydrogen-bond acceptors (Lipinski definition) is 4. The highest BCUT2D eigenvalue weighted by molar-refractivity contribution is 7.89. The minimum absolute atomic E-state index is 0.126. The van der Waals surface area contributed by atoms with E-state index < -0.39 is 10.0 Å². The van der Waals surface area contributed by atoms with Crippen LogP contribution in [0.2, 0.25) is 0 Å². The maximum Gasteiger partial charge on any atom is 0.243 e. The van der Waals surface area contributed by atoms with E-state index in [1.165, 1.54) is 9.87 Å². The Morgan fingerprint density at radius 2 is 1.90 bits per heavy atom. The summed E-state index contributed by atoms with van der Waals surface area (Å²) < 4.78 is 33.0. The molecule has 0 aromatic heterocycles. The van der Waals surface area contributed by atoms with Gasteiger partial charge in [0.05, 0.1) is 16.9 Å². The molecule has 0 saturated carbocycles. The molecule has 2 aromatic carbocycles. The number of ether oxygens (including phenoxy) is 1. The number of carbonyl (C=O) groups is 1. The molecular weight excluding hydrogens is 400 g/mol. The molecule has 30 heavy (non-hydrogen) atoms. The van der Waals surface area contributed by atoms with Crippen LogP contribution in [0.3, 0.4) is 0 Å². The Kier molecular flexibility index (Phi) is 7.15. The summed E-state index contributed by atoms with van der Waals surface area (Å²) in [6, 6.07) is 14.1. The Morgan fingerprint density at radius 3 is 2.60 bits per heavy atom. The van der Waals surface area contributed by atoms with Gasteiger partial charge in [-0.2, -0.15) is 4.31 Å². The van der Waals surface area contributed by atoms with Crippen LogP contribution in [0, 0.1) is 19.8 Å². The zero-order chi connectivity index (χ0) is 21.7. The zero-order valence-electron chi connectivity index (χ0n) is 17.8. The Balaban J connectivity index is 1.55. The molecule has 1 aliphatic rings. The molecule has 6 nitrogen and oxygen atoms in total. The molecule has 0 radical (unpaired) electrons. The molecule has 0 aliphatic carbocycles. The molecular formula is C23H30N2O4S. The number of nitrogens with zero attached hydrogens (tertiary/aromatic N) is 1. The van der Waals surface area contributed by atoms with Gasteiger partial charge in [0.1, 0.15) is 12.4 Å². The summed E-state index contributed by atoms with van der Waals surface area (Å²) in [5, 5.41) is 2.97. The van der Waals surface area contributed by atoms with Crippen molar-refractivity contribution < 1.29 is 17.9 Å². The topological polar surface area (TPSA) is 75.7 Å². The van der Waals surface area contributed by atoms with E-state index in [-0.39, 0.29) is 29.3 Å². The van der Waals surface area contributed by atoms with Crippen molar-refractivity contribution in [2.24, 2.45) is 5.92 Å². The van der Waals surface area contributed by atoms with Crippen molar-refractivity contribution in [3.63, 3.8) is 0 Å². The van der Waals surface area contributed by atoms with Crippen LogP contribution in [0.15, 0.2) is 53.4 Å². The van der Waals surface area contributed by atoms with E-state index in [4.69, 9.17) is 4.74 Å². The lowest BCUT2D eigenvalue weighted by molar-refractivity contribution is -0.126. The van der Waals surface area contributed by atoms with Gasteiger partial charge in [-0.05, 0) is 69.0 Å². The Labute approximate surface area is 179 Å². The minimum atomic E-state index is -3.58. The standard InChI is InChI=1S/C23H30N2O4S/c1-17-11-12-21(14-18(17)2)29-16-19(3)24-23(26)20-8-7-13-25(15-20)30(27,28)22-9-5-4-6-10-22/h4-6,9-12,14,19-20H,7-8,13,15-16H2,1-3H3,(H,24,26). The van der Waals surface area contributed by atoms with Crippen LogP contribution in [0.4, 0.5) is 0 Å². The molecule has 1 heterocycles. The van der Waals surface area contributed by atoms with Gasteiger partial charge in [0.15, 0.2) is 0 Å². The lowest BCUT2D eigenvalue weighted by Crippen LogP contribution is -2.48. The number of piperidine rings is 1. The lowest BCUT2D eigenvalue weighted by Gasteiger charge is -2.31. The number of carbonyl (C=O) groups excluding carboxylic acids is 1. The molecule has 1 fully saturated rings. The molecule has 3 rings (SSSR count). The van der Waals surface area contributed by atoms with Crippen LogP contribution in [0.5, 0.6) is 5.75 Å². The third-order valence-corrected chi connectivity index (χ3v) is 7.38. The summed E-state index contributed by atoms with van der Waals surface area (Å²) in [5.41, 5.74) is 2.36. The predicted octanol–water partition coefficient (Wildman–Crippen LogP) is 3.29. The highest BCUT2D eigenvalue weighted by atomic mass is 32.2. The summed E-state index contributed by atoms with van der Waals surface area (Å²) in [7, 11) is -3.58. The molecule has 2 aromatic rings. The molecule has 0 spiro atoms. The van der Waals surface area contributed by atoms with E-state index in [9.17, 15) is 13.2 Å². The lowest BCUT2D eigenvalue weighted by atomic mass is 9.98. The molecule has 2 atom stereocenters. The summed E-state index contributed by atoms with van der Waals surface area (Å²) >= 11 is 0. The second kappa shape index (κ2) is 9.62. The maximum atomic E-state index is 12.9. The van der Waals surface area contributed by atoms with Gasteiger partial charge < -0.3 is 10.1 Å². The van der Waals surface area contributed by atoms with Crippen molar-refractivity contribution in [2.75, 3.05) is 19.7 Å². The largest absolute Gasteiger partial charge is 0.491 e. The van der Waals surface area contributed by atoms with Crippen molar-refractivity contribution in [3.8, 4) is 5.75 Å². The van der Waals surface area contributed by atoms with Gasteiger partial charge in [0.25, 0.3) is 0 Å². The third kappa shape index (κ3) is 5.40. The fourth-order valence-electron chi connectivity index (χ4n) is 3.54. The van der Waals surface area contributed by atoms with Crippen LogP contribution in [0.1, 0.15) is 30.9 Å². The Hall–Kier alpha value is -2.38. The molecule has 7 heteroatoms. The van der Waals surface area contributed by atoms with Crippen molar-refractivity contribution in [2.45, 2.75) is 44.6 Å². The van der Waals surface area contributed by atoms with E-state index in [1.54, 1.807) is 30.3 Å². The normalized spacial score (nSPS) is 18.6. The minimum Gasteiger partial charge on any atom is -0.491 e. The quantitative estimate of drug-likeness (QED) is 0.731. The molecule has 0 bridgehead atoms. The zero-order valence-corrected chi connectivity index (χ0v) is 18.6. The molecule has 2 unspecified atom stereocenters. The number of rotatable bonds is 7. The first-order chi connectivity index (χ1) is 14.3. The average molecular weight is 431 g/mol. The van der Waals surface area contributed by atoms with E-state index in [0.29, 0.717) is 26.0 Å². The van der Waals surface area contributed by atoms with Crippen molar-refractivity contribution in [1.82, 2.24) is 9.62 Å². The van der Waals surface area contributed by atoms with Gasteiger partial charge in [-0.3, -0.25) is 4.79 Å². The number of nitrogens with one attached hydrogen (secondary N) is 1. The Morgan fingerprint density at radius 1 is 1.17 bits per heavy atom. The monoisotopic (exact) mass is 430 g/mol. The van der Waals surface area contributed by atoms with Gasteiger partial charge in [0, 0.05) is 13.1 Å². The van der Waals surface area contributed by atoms with E-state index in [1.807, 2.05) is 39.0 Å². The van der Waals surface area contributed by atoms with Gasteiger partial charge in [0.2, 0.25) is 15.9 Å². The Bertz CT molecular complexity index is 976. The fraction of sp³-hybridized carbons (Fsp3) is 0.435. The van der Waals surface area contributed by atoms with Crippen LogP contribution < -0.4 is 10.1 Å². The third-order valence-electron chi connectivity index (χ3n) is 5.50. The molecule has 1 amide bonds. The summed E-state index contributed by atoms with van der Waals surface area (Å²) in [4.78, 5) is 13.0. The first-order valence-corrected chi connectivity index (χ1v) is 11.8. The van der Waals surface area contributed by atoms with Gasteiger partial charge in [-0.15, -0.1) is 0 Å². The average Bonchev–Trinajstić information content (AvgIpc) is 2.75. The van der Waals surface area contributed by atoms with E-state index in [0.717, 1.165) is 11.3 Å². The second-order valence-corrected chi connectivity index (χ2v) is 9.92. The fourth-order valence-corrected chi connectivity index (χ4v) is 5.09. The van der Waals surface area contributed by atoms with Crippen LogP contribution >= 0.6 is 0 Å². The number of aryl methyl sites for hydroxylation is 2. The summed E-state index contributed by atoms with van der Waals surface area (Å²) in [5.74, 6) is 0.289.